The van der Waals surface area contributed by atoms with Crippen LogP contribution in [0.1, 0.15) is 25.7 Å². The highest BCUT2D eigenvalue weighted by atomic mass is 16.5. The molecule has 0 bridgehead atoms. The van der Waals surface area contributed by atoms with Crippen molar-refractivity contribution in [3.8, 4) is 11.3 Å². The molecule has 27 heavy (non-hydrogen) atoms. The van der Waals surface area contributed by atoms with Crippen LogP contribution in [0.25, 0.3) is 11.3 Å². The molecule has 7 heteroatoms. The minimum absolute atomic E-state index is 0.137. The summed E-state index contributed by atoms with van der Waals surface area (Å²) in [6.07, 6.45) is 6.46. The van der Waals surface area contributed by atoms with Crippen molar-refractivity contribution in [3.63, 3.8) is 0 Å². The average molecular weight is 369 g/mol. The van der Waals surface area contributed by atoms with Gasteiger partial charge in [-0.25, -0.2) is 4.79 Å². The number of aromatic nitrogens is 2. The van der Waals surface area contributed by atoms with E-state index in [4.69, 9.17) is 4.74 Å². The van der Waals surface area contributed by atoms with Gasteiger partial charge in [-0.1, -0.05) is 12.1 Å². The number of aromatic amines is 1. The topological polar surface area (TPSA) is 82.3 Å². The molecule has 2 fully saturated rings. The number of rotatable bonds is 5. The van der Waals surface area contributed by atoms with Crippen LogP contribution in [0.4, 0.5) is 10.5 Å². The number of carbonyl (C=O) groups is 1. The number of nitrogens with one attached hydrogen (secondary N) is 3. The highest BCUT2D eigenvalue weighted by Gasteiger charge is 2.24. The Labute approximate surface area is 159 Å². The van der Waals surface area contributed by atoms with E-state index in [2.05, 4.69) is 25.7 Å². The van der Waals surface area contributed by atoms with Gasteiger partial charge in [0.15, 0.2) is 0 Å². The third-order valence-electron chi connectivity index (χ3n) is 5.36. The Morgan fingerprint density at radius 1 is 1.19 bits per heavy atom. The van der Waals surface area contributed by atoms with Crippen LogP contribution >= 0.6 is 0 Å². The second-order valence-corrected chi connectivity index (χ2v) is 7.36. The Hall–Kier alpha value is -2.38. The Bertz CT molecular complexity index is 717. The molecule has 3 N–H and O–H groups in total. The zero-order valence-corrected chi connectivity index (χ0v) is 15.5. The van der Waals surface area contributed by atoms with E-state index in [-0.39, 0.29) is 12.1 Å². The zero-order chi connectivity index (χ0) is 18.5. The Kier molecular flexibility index (Phi) is 5.69. The van der Waals surface area contributed by atoms with Gasteiger partial charge in [-0.2, -0.15) is 5.10 Å². The Morgan fingerprint density at radius 3 is 2.67 bits per heavy atom. The summed E-state index contributed by atoms with van der Waals surface area (Å²) in [4.78, 5) is 14.7. The SMILES string of the molecule is O=C(Nc1ccc(-c2ccn[nH]2)cc1)NC1CCN(C[C@@H]2CCCO2)CC1. The van der Waals surface area contributed by atoms with Gasteiger partial charge in [0.1, 0.15) is 0 Å². The first kappa shape index (κ1) is 18.0. The van der Waals surface area contributed by atoms with Gasteiger partial charge in [-0.3, -0.25) is 5.10 Å². The number of ether oxygens (including phenoxy) is 1. The third-order valence-corrected chi connectivity index (χ3v) is 5.36. The van der Waals surface area contributed by atoms with E-state index in [1.165, 1.54) is 12.8 Å². The molecule has 0 aliphatic carbocycles. The average Bonchev–Trinajstić information content (AvgIpc) is 3.38. The summed E-state index contributed by atoms with van der Waals surface area (Å²) in [5.74, 6) is 0. The number of urea groups is 1. The molecule has 2 aliphatic rings. The van der Waals surface area contributed by atoms with Gasteiger partial charge in [-0.05, 0) is 49.4 Å². The number of anilines is 1. The van der Waals surface area contributed by atoms with Crippen LogP contribution in [-0.4, -0.2) is 59.5 Å². The van der Waals surface area contributed by atoms with Crippen LogP contribution < -0.4 is 10.6 Å². The van der Waals surface area contributed by atoms with Gasteiger partial charge in [-0.15, -0.1) is 0 Å². The van der Waals surface area contributed by atoms with Crippen molar-refractivity contribution in [3.05, 3.63) is 36.5 Å². The molecule has 2 saturated heterocycles. The van der Waals surface area contributed by atoms with Crippen LogP contribution in [0.5, 0.6) is 0 Å². The van der Waals surface area contributed by atoms with Crippen molar-refractivity contribution in [2.24, 2.45) is 0 Å². The highest BCUT2D eigenvalue weighted by Crippen LogP contribution is 2.19. The van der Waals surface area contributed by atoms with Gasteiger partial charge in [0, 0.05) is 44.2 Å². The van der Waals surface area contributed by atoms with Crippen LogP contribution in [0.15, 0.2) is 36.5 Å². The summed E-state index contributed by atoms with van der Waals surface area (Å²) >= 11 is 0. The van der Waals surface area contributed by atoms with E-state index in [1.54, 1.807) is 6.20 Å². The summed E-state index contributed by atoms with van der Waals surface area (Å²) < 4.78 is 5.72. The van der Waals surface area contributed by atoms with Gasteiger partial charge in [0.25, 0.3) is 0 Å². The number of likely N-dealkylation sites (tertiary alicyclic amines) is 1. The minimum atomic E-state index is -0.137. The molecule has 1 aromatic heterocycles. The molecule has 144 valence electrons. The summed E-state index contributed by atoms with van der Waals surface area (Å²) in [6, 6.07) is 9.75. The van der Waals surface area contributed by atoms with Crippen molar-refractivity contribution >= 4 is 11.7 Å². The monoisotopic (exact) mass is 369 g/mol. The van der Waals surface area contributed by atoms with E-state index in [0.717, 1.165) is 56.0 Å². The summed E-state index contributed by atoms with van der Waals surface area (Å²) in [5, 5.41) is 12.9. The number of hydrogen-bond donors (Lipinski definition) is 3. The van der Waals surface area contributed by atoms with Crippen molar-refractivity contribution in [2.45, 2.75) is 37.8 Å². The largest absolute Gasteiger partial charge is 0.377 e. The molecule has 2 aromatic rings. The number of H-pyrrole nitrogens is 1. The normalized spacial score (nSPS) is 21.3. The molecule has 0 spiro atoms. The summed E-state index contributed by atoms with van der Waals surface area (Å²) in [7, 11) is 0. The molecule has 0 radical (unpaired) electrons. The van der Waals surface area contributed by atoms with E-state index < -0.39 is 0 Å². The number of hydrogen-bond acceptors (Lipinski definition) is 4. The lowest BCUT2D eigenvalue weighted by molar-refractivity contribution is 0.0633. The Balaban J connectivity index is 1.20. The van der Waals surface area contributed by atoms with Gasteiger partial charge in [0.2, 0.25) is 0 Å². The quantitative estimate of drug-likeness (QED) is 0.757. The lowest BCUT2D eigenvalue weighted by atomic mass is 10.0. The number of benzene rings is 1. The first-order chi connectivity index (χ1) is 13.3. The van der Waals surface area contributed by atoms with Crippen molar-refractivity contribution in [2.75, 3.05) is 31.6 Å². The fourth-order valence-corrected chi connectivity index (χ4v) is 3.84. The highest BCUT2D eigenvalue weighted by molar-refractivity contribution is 5.89. The maximum Gasteiger partial charge on any atom is 0.319 e. The molecular weight excluding hydrogens is 342 g/mol. The fraction of sp³-hybridized carbons (Fsp3) is 0.500. The van der Waals surface area contributed by atoms with Crippen LogP contribution in [0.3, 0.4) is 0 Å². The predicted molar refractivity (Wildman–Crippen MR) is 105 cm³/mol. The maximum absolute atomic E-state index is 12.3. The second kappa shape index (κ2) is 8.54. The second-order valence-electron chi connectivity index (χ2n) is 7.36. The van der Waals surface area contributed by atoms with Crippen molar-refractivity contribution in [1.29, 1.82) is 0 Å². The minimum Gasteiger partial charge on any atom is -0.377 e. The maximum atomic E-state index is 12.3. The van der Waals surface area contributed by atoms with Crippen LogP contribution in [0, 0.1) is 0 Å². The molecule has 1 aromatic carbocycles. The predicted octanol–water partition coefficient (Wildman–Crippen LogP) is 2.84. The van der Waals surface area contributed by atoms with E-state index >= 15 is 0 Å². The molecule has 1 atom stereocenters. The fourth-order valence-electron chi connectivity index (χ4n) is 3.84. The molecule has 0 saturated carbocycles. The zero-order valence-electron chi connectivity index (χ0n) is 15.5. The standard InChI is InChI=1S/C20H27N5O2/c26-20(22-16-5-3-15(4-6-16)19-7-10-21-24-19)23-17-8-11-25(12-9-17)14-18-2-1-13-27-18/h3-7,10,17-18H,1-2,8-9,11-14H2,(H,21,24)(H2,22,23,26)/t18-/m0/s1. The van der Waals surface area contributed by atoms with E-state index in [1.807, 2.05) is 30.3 Å². The number of piperidine rings is 1. The Morgan fingerprint density at radius 2 is 2.00 bits per heavy atom. The van der Waals surface area contributed by atoms with Crippen LogP contribution in [0.2, 0.25) is 0 Å². The number of nitrogens with zero attached hydrogens (tertiary/aromatic N) is 2. The molecule has 2 amide bonds. The number of carbonyl (C=O) groups excluding carboxylic acids is 1. The van der Waals surface area contributed by atoms with Crippen molar-refractivity contribution < 1.29 is 9.53 Å². The summed E-state index contributed by atoms with van der Waals surface area (Å²) in [6.45, 7) is 3.97. The van der Waals surface area contributed by atoms with E-state index in [9.17, 15) is 4.79 Å². The lowest BCUT2D eigenvalue weighted by Gasteiger charge is -2.33. The smallest absolute Gasteiger partial charge is 0.319 e. The van der Waals surface area contributed by atoms with Gasteiger partial charge < -0.3 is 20.3 Å². The third kappa shape index (κ3) is 4.87. The van der Waals surface area contributed by atoms with Crippen molar-refractivity contribution in [1.82, 2.24) is 20.4 Å². The molecule has 3 heterocycles. The van der Waals surface area contributed by atoms with Gasteiger partial charge >= 0.3 is 6.03 Å². The van der Waals surface area contributed by atoms with Gasteiger partial charge in [0.05, 0.1) is 11.8 Å². The first-order valence-electron chi connectivity index (χ1n) is 9.77. The molecule has 0 unspecified atom stereocenters. The summed E-state index contributed by atoms with van der Waals surface area (Å²) in [5.41, 5.74) is 2.78. The van der Waals surface area contributed by atoms with Crippen LogP contribution in [-0.2, 0) is 4.74 Å². The molecule has 4 rings (SSSR count). The lowest BCUT2D eigenvalue weighted by Crippen LogP contribution is -2.47. The number of amides is 2. The molecule has 7 nitrogen and oxygen atoms in total. The molecular formula is C20H27N5O2. The first-order valence-corrected chi connectivity index (χ1v) is 9.77. The molecule has 2 aliphatic heterocycles. The van der Waals surface area contributed by atoms with E-state index in [0.29, 0.717) is 6.10 Å².